The highest BCUT2D eigenvalue weighted by molar-refractivity contribution is 5.91. The summed E-state index contributed by atoms with van der Waals surface area (Å²) in [6, 6.07) is 10.7. The van der Waals surface area contributed by atoms with E-state index in [2.05, 4.69) is 19.4 Å². The van der Waals surface area contributed by atoms with Crippen molar-refractivity contribution in [1.82, 2.24) is 5.32 Å². The van der Waals surface area contributed by atoms with Crippen molar-refractivity contribution in [2.75, 3.05) is 14.1 Å². The van der Waals surface area contributed by atoms with Gasteiger partial charge < -0.3 is 14.6 Å². The molecule has 0 saturated heterocycles. The zero-order chi connectivity index (χ0) is 17.5. The Morgan fingerprint density at radius 3 is 2.46 bits per heavy atom. The molecule has 0 unspecified atom stereocenters. The topological polar surface area (TPSA) is 89.8 Å². The first-order valence-electron chi connectivity index (χ1n) is 7.51. The molecule has 126 valence electrons. The van der Waals surface area contributed by atoms with Crippen LogP contribution in [0.4, 0.5) is 5.88 Å². The van der Waals surface area contributed by atoms with Gasteiger partial charge in [-0.05, 0) is 17.7 Å². The number of hydrogen-bond acceptors (Lipinski definition) is 4. The van der Waals surface area contributed by atoms with E-state index in [1.54, 1.807) is 0 Å². The van der Waals surface area contributed by atoms with Gasteiger partial charge in [-0.2, -0.15) is 0 Å². The third kappa shape index (κ3) is 5.36. The van der Waals surface area contributed by atoms with Crippen LogP contribution >= 0.6 is 0 Å². The maximum absolute atomic E-state index is 11.8. The molecule has 0 aliphatic carbocycles. The summed E-state index contributed by atoms with van der Waals surface area (Å²) in [5.74, 6) is -0.391. The first kappa shape index (κ1) is 17.4. The highest BCUT2D eigenvalue weighted by atomic mass is 16.6. The summed E-state index contributed by atoms with van der Waals surface area (Å²) >= 11 is 0. The third-order valence-electron chi connectivity index (χ3n) is 3.24. The Bertz CT molecular complexity index is 733. The van der Waals surface area contributed by atoms with E-state index >= 15 is 0 Å². The van der Waals surface area contributed by atoms with E-state index in [0.717, 1.165) is 12.1 Å². The van der Waals surface area contributed by atoms with Crippen molar-refractivity contribution in [3.63, 3.8) is 0 Å². The molecule has 7 heteroatoms. The zero-order valence-corrected chi connectivity index (χ0v) is 13.6. The Morgan fingerprint density at radius 2 is 1.88 bits per heavy atom. The Kier molecular flexibility index (Phi) is 5.86. The smallest absolute Gasteiger partial charge is 0.401 e. The fourth-order valence-electron chi connectivity index (χ4n) is 2.12. The second-order valence-electron chi connectivity index (χ2n) is 5.68. The molecule has 1 amide bonds. The number of nitrogens with one attached hydrogen (secondary N) is 2. The monoisotopic (exact) mass is 330 g/mol. The van der Waals surface area contributed by atoms with Crippen molar-refractivity contribution >= 4 is 17.9 Å². The van der Waals surface area contributed by atoms with E-state index in [1.165, 1.54) is 34.7 Å². The number of rotatable bonds is 7. The molecule has 0 saturated carbocycles. The lowest BCUT2D eigenvalue weighted by atomic mass is 10.1. The van der Waals surface area contributed by atoms with Crippen molar-refractivity contribution in [2.24, 2.45) is 0 Å². The summed E-state index contributed by atoms with van der Waals surface area (Å²) in [5, 5.41) is 13.3. The lowest BCUT2D eigenvalue weighted by Gasteiger charge is -2.08. The minimum absolute atomic E-state index is 0.257. The second-order valence-corrected chi connectivity index (χ2v) is 5.68. The molecule has 0 atom stereocenters. The van der Waals surface area contributed by atoms with Gasteiger partial charge >= 0.3 is 5.88 Å². The van der Waals surface area contributed by atoms with Gasteiger partial charge in [-0.15, -0.1) is 0 Å². The van der Waals surface area contributed by atoms with Gasteiger partial charge in [0.2, 0.25) is 5.91 Å². The van der Waals surface area contributed by atoms with Crippen LogP contribution in [0.3, 0.4) is 0 Å². The van der Waals surface area contributed by atoms with Crippen LogP contribution in [0.1, 0.15) is 16.9 Å². The van der Waals surface area contributed by atoms with E-state index in [9.17, 15) is 14.9 Å². The van der Waals surface area contributed by atoms with Gasteiger partial charge in [0.05, 0.1) is 20.2 Å². The maximum atomic E-state index is 11.8. The molecule has 0 radical (unpaired) electrons. The van der Waals surface area contributed by atoms with Crippen molar-refractivity contribution in [3.05, 3.63) is 69.5 Å². The Hall–Kier alpha value is -2.93. The first-order chi connectivity index (χ1) is 11.4. The number of benzene rings is 1. The van der Waals surface area contributed by atoms with Crippen LogP contribution in [-0.4, -0.2) is 24.9 Å². The first-order valence-corrected chi connectivity index (χ1v) is 7.51. The molecule has 0 fully saturated rings. The lowest BCUT2D eigenvalue weighted by molar-refractivity contribution is -0.872. The van der Waals surface area contributed by atoms with Gasteiger partial charge in [0, 0.05) is 18.2 Å². The molecule has 0 bridgehead atoms. The molecule has 2 N–H and O–H groups in total. The van der Waals surface area contributed by atoms with E-state index < -0.39 is 4.92 Å². The standard InChI is InChI=1S/C17H19N3O4/c1-19(2)12-14-5-3-13(4-6-14)11-18-16(21)9-7-15-8-10-17(24-15)20(22)23/h3-10H,11-12H2,1-2H3,(H,18,21)/p+1/b9-7+. The summed E-state index contributed by atoms with van der Waals surface area (Å²) in [6.45, 7) is 1.36. The van der Waals surface area contributed by atoms with Gasteiger partial charge in [0.25, 0.3) is 0 Å². The SMILES string of the molecule is C[NH+](C)Cc1ccc(CNC(=O)/C=C/c2ccc([N+](=O)[O-])o2)cc1. The summed E-state index contributed by atoms with van der Waals surface area (Å²) in [5.41, 5.74) is 2.24. The van der Waals surface area contributed by atoms with Crippen LogP contribution in [0.2, 0.25) is 0 Å². The molecule has 1 aromatic carbocycles. The van der Waals surface area contributed by atoms with Gasteiger partial charge in [-0.1, -0.05) is 24.3 Å². The van der Waals surface area contributed by atoms with Crippen molar-refractivity contribution in [3.8, 4) is 0 Å². The van der Waals surface area contributed by atoms with Gasteiger partial charge in [0.15, 0.2) is 0 Å². The van der Waals surface area contributed by atoms with Crippen LogP contribution in [0.15, 0.2) is 46.9 Å². The predicted octanol–water partition coefficient (Wildman–Crippen LogP) is 1.16. The van der Waals surface area contributed by atoms with E-state index in [4.69, 9.17) is 4.42 Å². The molecule has 2 rings (SSSR count). The highest BCUT2D eigenvalue weighted by Gasteiger charge is 2.10. The van der Waals surface area contributed by atoms with Crippen LogP contribution in [0.5, 0.6) is 0 Å². The molecule has 2 aromatic rings. The number of furan rings is 1. The van der Waals surface area contributed by atoms with Crippen LogP contribution in [0.25, 0.3) is 6.08 Å². The quantitative estimate of drug-likeness (QED) is 0.453. The Balaban J connectivity index is 1.83. The fourth-order valence-corrected chi connectivity index (χ4v) is 2.12. The van der Waals surface area contributed by atoms with Gasteiger partial charge in [0.1, 0.15) is 17.2 Å². The largest absolute Gasteiger partial charge is 0.433 e. The van der Waals surface area contributed by atoms with Crippen molar-refractivity contribution in [1.29, 1.82) is 0 Å². The third-order valence-corrected chi connectivity index (χ3v) is 3.24. The lowest BCUT2D eigenvalue weighted by Crippen LogP contribution is -3.04. The van der Waals surface area contributed by atoms with Crippen molar-refractivity contribution in [2.45, 2.75) is 13.1 Å². The van der Waals surface area contributed by atoms with E-state index in [0.29, 0.717) is 6.54 Å². The van der Waals surface area contributed by atoms with Gasteiger partial charge in [-0.3, -0.25) is 14.9 Å². The molecule has 1 heterocycles. The Labute approximate surface area is 139 Å². The molecular weight excluding hydrogens is 310 g/mol. The maximum Gasteiger partial charge on any atom is 0.433 e. The van der Waals surface area contributed by atoms with Crippen molar-refractivity contribution < 1.29 is 19.0 Å². The molecular formula is C17H20N3O4+. The number of hydrogen-bond donors (Lipinski definition) is 2. The second kappa shape index (κ2) is 8.07. The predicted molar refractivity (Wildman–Crippen MR) is 89.2 cm³/mol. The van der Waals surface area contributed by atoms with Crippen LogP contribution in [0, 0.1) is 10.1 Å². The summed E-state index contributed by atoms with van der Waals surface area (Å²) in [7, 11) is 4.18. The average Bonchev–Trinajstić information content (AvgIpc) is 3.01. The molecule has 7 nitrogen and oxygen atoms in total. The van der Waals surface area contributed by atoms with Crippen LogP contribution < -0.4 is 10.2 Å². The molecule has 0 spiro atoms. The average molecular weight is 330 g/mol. The zero-order valence-electron chi connectivity index (χ0n) is 13.6. The number of amides is 1. The molecule has 0 aliphatic rings. The van der Waals surface area contributed by atoms with E-state index in [1.807, 2.05) is 24.3 Å². The summed E-state index contributed by atoms with van der Waals surface area (Å²) < 4.78 is 4.94. The van der Waals surface area contributed by atoms with Crippen LogP contribution in [-0.2, 0) is 17.9 Å². The fraction of sp³-hybridized carbons (Fsp3) is 0.235. The summed E-state index contributed by atoms with van der Waals surface area (Å²) in [4.78, 5) is 23.0. The normalized spacial score (nSPS) is 11.1. The minimum atomic E-state index is -0.626. The number of carbonyl (C=O) groups excluding carboxylic acids is 1. The van der Waals surface area contributed by atoms with Gasteiger partial charge in [-0.25, -0.2) is 0 Å². The Morgan fingerprint density at radius 1 is 1.21 bits per heavy atom. The summed E-state index contributed by atoms with van der Waals surface area (Å²) in [6.07, 6.45) is 2.68. The molecule has 0 aliphatic heterocycles. The minimum Gasteiger partial charge on any atom is -0.401 e. The highest BCUT2D eigenvalue weighted by Crippen LogP contribution is 2.16. The number of quaternary nitrogens is 1. The number of nitrogens with zero attached hydrogens (tertiary/aromatic N) is 1. The molecule has 24 heavy (non-hydrogen) atoms. The van der Waals surface area contributed by atoms with E-state index in [-0.39, 0.29) is 17.6 Å². The molecule has 1 aromatic heterocycles. The number of nitro groups is 1. The number of carbonyl (C=O) groups is 1.